The van der Waals surface area contributed by atoms with Crippen molar-refractivity contribution in [3.63, 3.8) is 0 Å². The fourth-order valence-electron chi connectivity index (χ4n) is 2.55. The number of ether oxygens (including phenoxy) is 1. The van der Waals surface area contributed by atoms with Gasteiger partial charge in [0, 0.05) is 11.4 Å². The number of amides is 1. The molecule has 1 amide bonds. The molecule has 3 rings (SSSR count). The molecule has 0 aliphatic rings. The van der Waals surface area contributed by atoms with Gasteiger partial charge in [-0.3, -0.25) is 4.79 Å². The highest BCUT2D eigenvalue weighted by Crippen LogP contribution is 2.22. The van der Waals surface area contributed by atoms with Crippen molar-refractivity contribution in [3.8, 4) is 11.4 Å². The Bertz CT molecular complexity index is 992. The SMILES string of the molecule is Cc1cc(OCCCC(=O)Nc2cc(-n3nnnc3C)ccc2F)ccc1Cl. The number of rotatable bonds is 7. The maximum atomic E-state index is 14.0. The Labute approximate surface area is 166 Å². The van der Waals surface area contributed by atoms with Gasteiger partial charge in [-0.15, -0.1) is 5.10 Å². The van der Waals surface area contributed by atoms with E-state index in [1.165, 1.54) is 22.9 Å². The summed E-state index contributed by atoms with van der Waals surface area (Å²) >= 11 is 5.97. The van der Waals surface area contributed by atoms with E-state index in [9.17, 15) is 9.18 Å². The summed E-state index contributed by atoms with van der Waals surface area (Å²) in [6.45, 7) is 3.98. The predicted molar refractivity (Wildman–Crippen MR) is 103 cm³/mol. The van der Waals surface area contributed by atoms with Crippen molar-refractivity contribution in [1.82, 2.24) is 20.2 Å². The van der Waals surface area contributed by atoms with E-state index in [4.69, 9.17) is 16.3 Å². The maximum Gasteiger partial charge on any atom is 0.224 e. The lowest BCUT2D eigenvalue weighted by Crippen LogP contribution is -2.14. The van der Waals surface area contributed by atoms with Gasteiger partial charge in [-0.05, 0) is 72.7 Å². The van der Waals surface area contributed by atoms with E-state index in [2.05, 4.69) is 20.8 Å². The summed E-state index contributed by atoms with van der Waals surface area (Å²) in [5.41, 5.74) is 1.55. The smallest absolute Gasteiger partial charge is 0.224 e. The van der Waals surface area contributed by atoms with Gasteiger partial charge < -0.3 is 10.1 Å². The molecule has 0 radical (unpaired) electrons. The van der Waals surface area contributed by atoms with Crippen LogP contribution < -0.4 is 10.1 Å². The number of aromatic nitrogens is 4. The number of carbonyl (C=O) groups is 1. The van der Waals surface area contributed by atoms with Gasteiger partial charge in [0.1, 0.15) is 11.6 Å². The van der Waals surface area contributed by atoms with Crippen molar-refractivity contribution in [2.45, 2.75) is 26.7 Å². The summed E-state index contributed by atoms with van der Waals surface area (Å²) in [6.07, 6.45) is 0.682. The van der Waals surface area contributed by atoms with Crippen molar-refractivity contribution in [3.05, 3.63) is 58.6 Å². The Hall–Kier alpha value is -3.00. The molecular formula is C19H19ClFN5O2. The molecule has 0 bridgehead atoms. The lowest BCUT2D eigenvalue weighted by Gasteiger charge is -2.10. The first-order valence-corrected chi connectivity index (χ1v) is 9.05. The van der Waals surface area contributed by atoms with Gasteiger partial charge in [-0.2, -0.15) is 4.68 Å². The molecule has 0 spiro atoms. The van der Waals surface area contributed by atoms with Gasteiger partial charge >= 0.3 is 0 Å². The van der Waals surface area contributed by atoms with E-state index in [0.717, 1.165) is 5.56 Å². The summed E-state index contributed by atoms with van der Waals surface area (Å²) in [5.74, 6) is 0.410. The largest absolute Gasteiger partial charge is 0.494 e. The molecule has 0 saturated heterocycles. The van der Waals surface area contributed by atoms with Crippen LogP contribution in [0.2, 0.25) is 5.02 Å². The van der Waals surface area contributed by atoms with Crippen molar-refractivity contribution in [1.29, 1.82) is 0 Å². The fraction of sp³-hybridized carbons (Fsp3) is 0.263. The van der Waals surface area contributed by atoms with Gasteiger partial charge in [0.15, 0.2) is 5.82 Å². The molecule has 0 fully saturated rings. The number of carbonyl (C=O) groups excluding carboxylic acids is 1. The molecule has 28 heavy (non-hydrogen) atoms. The third-order valence-electron chi connectivity index (χ3n) is 4.04. The van der Waals surface area contributed by atoms with Crippen molar-refractivity contribution >= 4 is 23.2 Å². The van der Waals surface area contributed by atoms with Gasteiger partial charge in [0.05, 0.1) is 18.0 Å². The van der Waals surface area contributed by atoms with Gasteiger partial charge in [0.25, 0.3) is 0 Å². The molecule has 0 aliphatic heterocycles. The second kappa shape index (κ2) is 8.79. The standard InChI is InChI=1S/C19H19ClFN5O2/c1-12-10-15(6-7-16(12)20)28-9-3-4-19(27)22-18-11-14(5-8-17(18)21)26-13(2)23-24-25-26/h5-8,10-11H,3-4,9H2,1-2H3,(H,22,27). The number of benzene rings is 2. The van der Waals surface area contributed by atoms with Gasteiger partial charge in [0.2, 0.25) is 5.91 Å². The summed E-state index contributed by atoms with van der Waals surface area (Å²) < 4.78 is 21.1. The average Bonchev–Trinajstić information content (AvgIpc) is 3.09. The van der Waals surface area contributed by atoms with Crippen LogP contribution in [0.4, 0.5) is 10.1 Å². The minimum absolute atomic E-state index is 0.0756. The molecular weight excluding hydrogens is 385 g/mol. The lowest BCUT2D eigenvalue weighted by molar-refractivity contribution is -0.116. The zero-order valence-corrected chi connectivity index (χ0v) is 16.2. The van der Waals surface area contributed by atoms with E-state index < -0.39 is 5.82 Å². The highest BCUT2D eigenvalue weighted by atomic mass is 35.5. The Morgan fingerprint density at radius 1 is 1.25 bits per heavy atom. The molecule has 1 aromatic heterocycles. The van der Waals surface area contributed by atoms with Crippen molar-refractivity contribution < 1.29 is 13.9 Å². The van der Waals surface area contributed by atoms with E-state index >= 15 is 0 Å². The van der Waals surface area contributed by atoms with Crippen LogP contribution in [0.15, 0.2) is 36.4 Å². The molecule has 146 valence electrons. The molecule has 0 saturated carbocycles. The third kappa shape index (κ3) is 4.83. The number of hydrogen-bond donors (Lipinski definition) is 1. The van der Waals surface area contributed by atoms with Crippen LogP contribution in [0, 0.1) is 19.7 Å². The zero-order valence-electron chi connectivity index (χ0n) is 15.4. The number of tetrazole rings is 1. The van der Waals surface area contributed by atoms with Crippen molar-refractivity contribution in [2.24, 2.45) is 0 Å². The van der Waals surface area contributed by atoms with E-state index in [1.54, 1.807) is 19.1 Å². The van der Waals surface area contributed by atoms with Crippen LogP contribution >= 0.6 is 11.6 Å². The third-order valence-corrected chi connectivity index (χ3v) is 4.46. The number of nitrogens with one attached hydrogen (secondary N) is 1. The summed E-state index contributed by atoms with van der Waals surface area (Å²) in [6, 6.07) is 9.67. The Morgan fingerprint density at radius 3 is 2.79 bits per heavy atom. The minimum atomic E-state index is -0.532. The number of nitrogens with zero attached hydrogens (tertiary/aromatic N) is 4. The van der Waals surface area contributed by atoms with Crippen molar-refractivity contribution in [2.75, 3.05) is 11.9 Å². The zero-order chi connectivity index (χ0) is 20.1. The molecule has 9 heteroatoms. The van der Waals surface area contributed by atoms with E-state index in [-0.39, 0.29) is 18.0 Å². The summed E-state index contributed by atoms with van der Waals surface area (Å²) in [5, 5.41) is 14.4. The van der Waals surface area contributed by atoms with Crippen LogP contribution in [0.1, 0.15) is 24.2 Å². The second-order valence-corrected chi connectivity index (χ2v) is 6.62. The normalized spacial score (nSPS) is 10.7. The highest BCUT2D eigenvalue weighted by Gasteiger charge is 2.11. The van der Waals surface area contributed by atoms with Gasteiger partial charge in [-0.1, -0.05) is 11.6 Å². The summed E-state index contributed by atoms with van der Waals surface area (Å²) in [7, 11) is 0. The molecule has 7 nitrogen and oxygen atoms in total. The molecule has 3 aromatic rings. The van der Waals surface area contributed by atoms with Crippen LogP contribution in [-0.4, -0.2) is 32.7 Å². The predicted octanol–water partition coefficient (Wildman–Crippen LogP) is 3.87. The average molecular weight is 404 g/mol. The molecule has 0 unspecified atom stereocenters. The topological polar surface area (TPSA) is 81.9 Å². The van der Waals surface area contributed by atoms with Gasteiger partial charge in [-0.25, -0.2) is 4.39 Å². The Balaban J connectivity index is 1.53. The number of hydrogen-bond acceptors (Lipinski definition) is 5. The van der Waals surface area contributed by atoms with E-state index in [0.29, 0.717) is 35.3 Å². The molecule has 0 atom stereocenters. The fourth-order valence-corrected chi connectivity index (χ4v) is 2.67. The Kier molecular flexibility index (Phi) is 6.20. The number of aryl methyl sites for hydroxylation is 2. The minimum Gasteiger partial charge on any atom is -0.494 e. The Morgan fingerprint density at radius 2 is 2.07 bits per heavy atom. The lowest BCUT2D eigenvalue weighted by atomic mass is 10.2. The maximum absolute atomic E-state index is 14.0. The second-order valence-electron chi connectivity index (χ2n) is 6.21. The van der Waals surface area contributed by atoms with Crippen LogP contribution in [-0.2, 0) is 4.79 Å². The monoisotopic (exact) mass is 403 g/mol. The summed E-state index contributed by atoms with van der Waals surface area (Å²) in [4.78, 5) is 12.1. The number of halogens is 2. The molecule has 1 N–H and O–H groups in total. The van der Waals surface area contributed by atoms with Crippen LogP contribution in [0.25, 0.3) is 5.69 Å². The first kappa shape index (κ1) is 19.8. The quantitative estimate of drug-likeness (QED) is 0.605. The molecule has 1 heterocycles. The first-order chi connectivity index (χ1) is 13.4. The van der Waals surface area contributed by atoms with Crippen LogP contribution in [0.5, 0.6) is 5.75 Å². The highest BCUT2D eigenvalue weighted by molar-refractivity contribution is 6.31. The molecule has 2 aromatic carbocycles. The van der Waals surface area contributed by atoms with E-state index in [1.807, 2.05) is 13.0 Å². The number of anilines is 1. The van der Waals surface area contributed by atoms with Crippen LogP contribution in [0.3, 0.4) is 0 Å². The first-order valence-electron chi connectivity index (χ1n) is 8.68. The molecule has 0 aliphatic carbocycles.